The van der Waals surface area contributed by atoms with Gasteiger partial charge in [-0.3, -0.25) is 4.79 Å². The number of methoxy groups -OCH3 is 1. The minimum atomic E-state index is -2.74. The van der Waals surface area contributed by atoms with Crippen molar-refractivity contribution < 1.29 is 23.0 Å². The monoisotopic (exact) mass is 293 g/mol. The van der Waals surface area contributed by atoms with E-state index in [0.29, 0.717) is 11.3 Å². The molecule has 0 aliphatic rings. The molecule has 1 aromatic heterocycles. The quantitative estimate of drug-likeness (QED) is 0.598. The third-order valence-corrected chi connectivity index (χ3v) is 2.63. The zero-order chi connectivity index (χ0) is 14.4. The van der Waals surface area contributed by atoms with Gasteiger partial charge in [-0.05, 0) is 18.6 Å². The normalized spacial score (nSPS) is 10.6. The third-order valence-electron chi connectivity index (χ3n) is 2.38. The summed E-state index contributed by atoms with van der Waals surface area (Å²) in [4.78, 5) is 15.3. The molecule has 1 aromatic rings. The summed E-state index contributed by atoms with van der Waals surface area (Å²) in [6.45, 7) is 1.89. The smallest absolute Gasteiger partial charge is 0.310 e. The first-order valence-corrected chi connectivity index (χ1v) is 6.13. The fraction of sp³-hybridized carbons (Fsp3) is 0.500. The summed E-state index contributed by atoms with van der Waals surface area (Å²) in [5.41, 5.74) is 0.288. The van der Waals surface area contributed by atoms with E-state index in [1.54, 1.807) is 6.92 Å². The van der Waals surface area contributed by atoms with Gasteiger partial charge in [-0.1, -0.05) is 0 Å². The number of aromatic nitrogens is 1. The fourth-order valence-corrected chi connectivity index (χ4v) is 1.78. The predicted molar refractivity (Wildman–Crippen MR) is 65.6 cm³/mol. The minimum absolute atomic E-state index is 0.00534. The summed E-state index contributed by atoms with van der Waals surface area (Å²) in [5.74, 6) is -0.700. The van der Waals surface area contributed by atoms with E-state index in [1.165, 1.54) is 13.2 Å². The van der Waals surface area contributed by atoms with Crippen molar-refractivity contribution in [1.82, 2.24) is 4.98 Å². The Morgan fingerprint density at radius 2 is 2.21 bits per heavy atom. The molecule has 106 valence electrons. The highest BCUT2D eigenvalue weighted by Gasteiger charge is 2.20. The number of alkyl halides is 3. The number of halogens is 3. The van der Waals surface area contributed by atoms with Crippen LogP contribution in [0.25, 0.3) is 0 Å². The van der Waals surface area contributed by atoms with Gasteiger partial charge in [-0.2, -0.15) is 0 Å². The number of ether oxygens (including phenoxy) is 2. The third kappa shape index (κ3) is 4.02. The molecule has 0 amide bonds. The molecule has 0 fully saturated rings. The van der Waals surface area contributed by atoms with Crippen LogP contribution in [0.15, 0.2) is 6.07 Å². The Balaban J connectivity index is 3.14. The van der Waals surface area contributed by atoms with Crippen molar-refractivity contribution in [3.63, 3.8) is 0 Å². The molecule has 0 aromatic carbocycles. The lowest BCUT2D eigenvalue weighted by Gasteiger charge is -2.12. The highest BCUT2D eigenvalue weighted by atomic mass is 35.5. The highest BCUT2D eigenvalue weighted by molar-refractivity contribution is 6.17. The van der Waals surface area contributed by atoms with Gasteiger partial charge in [0.2, 0.25) is 5.88 Å². The average Bonchev–Trinajstić information content (AvgIpc) is 2.38. The zero-order valence-electron chi connectivity index (χ0n) is 10.6. The lowest BCUT2D eigenvalue weighted by Crippen LogP contribution is -2.11. The van der Waals surface area contributed by atoms with E-state index in [-0.39, 0.29) is 30.4 Å². The molecular weight excluding hydrogens is 280 g/mol. The Labute approximate surface area is 114 Å². The number of carbonyl (C=O) groups is 1. The van der Waals surface area contributed by atoms with Crippen LogP contribution in [0.4, 0.5) is 8.78 Å². The van der Waals surface area contributed by atoms with Crippen molar-refractivity contribution in [1.29, 1.82) is 0 Å². The standard InChI is InChI=1S/C12H14ClF2NO3/c1-3-19-10(17)5-7-4-8(11(14)15)12(18-2)16-9(7)6-13/h4,11H,3,5-6H2,1-2H3. The predicted octanol–water partition coefficient (Wildman–Crippen LogP) is 2.87. The molecule has 0 unspecified atom stereocenters. The van der Waals surface area contributed by atoms with Crippen molar-refractivity contribution in [2.24, 2.45) is 0 Å². The van der Waals surface area contributed by atoms with Crippen LogP contribution < -0.4 is 4.74 Å². The Hall–Kier alpha value is -1.43. The number of hydrogen-bond acceptors (Lipinski definition) is 4. The molecule has 0 spiro atoms. The van der Waals surface area contributed by atoms with Gasteiger partial charge in [0.15, 0.2) is 0 Å². The van der Waals surface area contributed by atoms with E-state index in [2.05, 4.69) is 4.98 Å². The Kier molecular flexibility index (Phi) is 5.95. The first-order chi connectivity index (χ1) is 9.03. The van der Waals surface area contributed by atoms with Gasteiger partial charge in [-0.25, -0.2) is 13.8 Å². The second kappa shape index (κ2) is 7.23. The SMILES string of the molecule is CCOC(=O)Cc1cc(C(F)F)c(OC)nc1CCl. The van der Waals surface area contributed by atoms with E-state index in [1.807, 2.05) is 0 Å². The molecule has 19 heavy (non-hydrogen) atoms. The van der Waals surface area contributed by atoms with Crippen LogP contribution in [0.1, 0.15) is 30.2 Å². The van der Waals surface area contributed by atoms with Crippen molar-refractivity contribution >= 4 is 17.6 Å². The van der Waals surface area contributed by atoms with Crippen LogP contribution in [0, 0.1) is 0 Å². The summed E-state index contributed by atoms with van der Waals surface area (Å²) >= 11 is 5.70. The molecule has 0 atom stereocenters. The first kappa shape index (κ1) is 15.6. The molecule has 0 aliphatic heterocycles. The van der Waals surface area contributed by atoms with E-state index < -0.39 is 12.4 Å². The lowest BCUT2D eigenvalue weighted by atomic mass is 10.1. The van der Waals surface area contributed by atoms with Crippen LogP contribution in [0.3, 0.4) is 0 Å². The van der Waals surface area contributed by atoms with Gasteiger partial charge in [-0.15, -0.1) is 11.6 Å². The summed E-state index contributed by atoms with van der Waals surface area (Å²) in [5, 5.41) is 0. The molecule has 1 heterocycles. The maximum atomic E-state index is 12.8. The maximum Gasteiger partial charge on any atom is 0.310 e. The van der Waals surface area contributed by atoms with Crippen molar-refractivity contribution in [2.45, 2.75) is 25.7 Å². The Morgan fingerprint density at radius 1 is 1.53 bits per heavy atom. The summed E-state index contributed by atoms with van der Waals surface area (Å²) in [6.07, 6.45) is -2.89. The van der Waals surface area contributed by atoms with Gasteiger partial charge in [0, 0.05) is 0 Å². The summed E-state index contributed by atoms with van der Waals surface area (Å²) in [7, 11) is 1.25. The highest BCUT2D eigenvalue weighted by Crippen LogP contribution is 2.30. The van der Waals surface area contributed by atoms with Crippen LogP contribution in [0.5, 0.6) is 5.88 Å². The molecular formula is C12H14ClF2NO3. The van der Waals surface area contributed by atoms with Crippen LogP contribution >= 0.6 is 11.6 Å². The molecule has 0 radical (unpaired) electrons. The number of hydrogen-bond donors (Lipinski definition) is 0. The average molecular weight is 294 g/mol. The minimum Gasteiger partial charge on any atom is -0.481 e. The number of carbonyl (C=O) groups excluding carboxylic acids is 1. The van der Waals surface area contributed by atoms with Gasteiger partial charge in [0.25, 0.3) is 6.43 Å². The lowest BCUT2D eigenvalue weighted by molar-refractivity contribution is -0.142. The van der Waals surface area contributed by atoms with E-state index in [0.717, 1.165) is 0 Å². The Morgan fingerprint density at radius 3 is 2.68 bits per heavy atom. The molecule has 0 aliphatic carbocycles. The van der Waals surface area contributed by atoms with Crippen molar-refractivity contribution in [3.05, 3.63) is 22.9 Å². The van der Waals surface area contributed by atoms with Crippen LogP contribution in [0.2, 0.25) is 0 Å². The molecule has 0 N–H and O–H groups in total. The number of nitrogens with zero attached hydrogens (tertiary/aromatic N) is 1. The fourth-order valence-electron chi connectivity index (χ4n) is 1.55. The second-order valence-corrected chi connectivity index (χ2v) is 3.88. The summed E-state index contributed by atoms with van der Waals surface area (Å²) in [6, 6.07) is 1.19. The molecule has 0 saturated heterocycles. The zero-order valence-corrected chi connectivity index (χ0v) is 11.3. The van der Waals surface area contributed by atoms with Crippen LogP contribution in [-0.2, 0) is 21.8 Å². The number of pyridine rings is 1. The second-order valence-electron chi connectivity index (χ2n) is 3.61. The largest absolute Gasteiger partial charge is 0.481 e. The van der Waals surface area contributed by atoms with E-state index in [4.69, 9.17) is 21.1 Å². The van der Waals surface area contributed by atoms with Gasteiger partial charge < -0.3 is 9.47 Å². The van der Waals surface area contributed by atoms with Gasteiger partial charge in [0.05, 0.1) is 37.3 Å². The van der Waals surface area contributed by atoms with E-state index in [9.17, 15) is 13.6 Å². The molecule has 1 rings (SSSR count). The van der Waals surface area contributed by atoms with Crippen molar-refractivity contribution in [2.75, 3.05) is 13.7 Å². The molecule has 7 heteroatoms. The molecule has 0 saturated carbocycles. The first-order valence-electron chi connectivity index (χ1n) is 5.59. The topological polar surface area (TPSA) is 48.4 Å². The maximum absolute atomic E-state index is 12.8. The van der Waals surface area contributed by atoms with Crippen molar-refractivity contribution in [3.8, 4) is 5.88 Å². The number of esters is 1. The summed E-state index contributed by atoms with van der Waals surface area (Å²) < 4.78 is 35.3. The van der Waals surface area contributed by atoms with E-state index >= 15 is 0 Å². The van der Waals surface area contributed by atoms with Crippen LogP contribution in [-0.4, -0.2) is 24.7 Å². The molecule has 4 nitrogen and oxygen atoms in total. The Bertz CT molecular complexity index is 455. The van der Waals surface area contributed by atoms with Gasteiger partial charge in [0.1, 0.15) is 0 Å². The van der Waals surface area contributed by atoms with Gasteiger partial charge >= 0.3 is 5.97 Å². The molecule has 0 bridgehead atoms. The number of rotatable bonds is 6.